The molecule has 0 rings (SSSR count). The molecule has 1 amide bonds. The monoisotopic (exact) mass is 505 g/mol. The summed E-state index contributed by atoms with van der Waals surface area (Å²) in [7, 11) is 5.46. The van der Waals surface area contributed by atoms with Gasteiger partial charge >= 0.3 is 0 Å². The van der Waals surface area contributed by atoms with Gasteiger partial charge in [-0.15, -0.1) is 0 Å². The lowest BCUT2D eigenvalue weighted by Gasteiger charge is -2.19. The standard InChI is InChI=1S/C27H55NO3S2/c1-5-6-7-8-9-10-11-12-13-14-15-16-17-18-23-32-33-24-20-27(29)28-21-19-22-31-26(3)25(2)30-4/h25-26H,5-24H2,1-4H3,(H,28,29). The molecule has 2 atom stereocenters. The van der Waals surface area contributed by atoms with Crippen LogP contribution in [0.2, 0.25) is 0 Å². The zero-order valence-electron chi connectivity index (χ0n) is 22.3. The quantitative estimate of drug-likeness (QED) is 0.0948. The van der Waals surface area contributed by atoms with Gasteiger partial charge in [0.15, 0.2) is 0 Å². The highest BCUT2D eigenvalue weighted by molar-refractivity contribution is 8.76. The second-order valence-electron chi connectivity index (χ2n) is 9.21. The Hall–Kier alpha value is 0.0900. The number of rotatable bonds is 26. The van der Waals surface area contributed by atoms with Crippen LogP contribution in [0.3, 0.4) is 0 Å². The van der Waals surface area contributed by atoms with Crippen molar-refractivity contribution in [1.82, 2.24) is 5.32 Å². The van der Waals surface area contributed by atoms with E-state index in [0.717, 1.165) is 12.2 Å². The van der Waals surface area contributed by atoms with Gasteiger partial charge in [-0.05, 0) is 26.7 Å². The number of methoxy groups -OCH3 is 1. The van der Waals surface area contributed by atoms with Gasteiger partial charge in [0.05, 0.1) is 12.2 Å². The van der Waals surface area contributed by atoms with Gasteiger partial charge in [-0.25, -0.2) is 0 Å². The molecule has 6 heteroatoms. The van der Waals surface area contributed by atoms with Crippen LogP contribution in [0.25, 0.3) is 0 Å². The summed E-state index contributed by atoms with van der Waals surface area (Å²) in [4.78, 5) is 11.9. The van der Waals surface area contributed by atoms with Crippen molar-refractivity contribution in [3.63, 3.8) is 0 Å². The van der Waals surface area contributed by atoms with E-state index in [0.29, 0.717) is 19.6 Å². The minimum absolute atomic E-state index is 0.0823. The maximum Gasteiger partial charge on any atom is 0.220 e. The van der Waals surface area contributed by atoms with Crippen LogP contribution in [-0.4, -0.2) is 49.9 Å². The van der Waals surface area contributed by atoms with Crippen molar-refractivity contribution < 1.29 is 14.3 Å². The van der Waals surface area contributed by atoms with Crippen molar-refractivity contribution in [2.45, 2.75) is 136 Å². The van der Waals surface area contributed by atoms with Gasteiger partial charge in [0, 0.05) is 38.2 Å². The summed E-state index contributed by atoms with van der Waals surface area (Å²) in [6.07, 6.45) is 21.4. The number of carbonyl (C=O) groups excluding carboxylic acids is 1. The Labute approximate surface area is 214 Å². The average Bonchev–Trinajstić information content (AvgIpc) is 2.82. The second-order valence-corrected chi connectivity index (χ2v) is 11.9. The Bertz CT molecular complexity index is 413. The predicted octanol–water partition coefficient (Wildman–Crippen LogP) is 8.19. The first-order chi connectivity index (χ1) is 16.1. The number of hydrogen-bond acceptors (Lipinski definition) is 5. The lowest BCUT2D eigenvalue weighted by molar-refractivity contribution is -0.120. The topological polar surface area (TPSA) is 47.6 Å². The van der Waals surface area contributed by atoms with Crippen LogP contribution in [-0.2, 0) is 14.3 Å². The van der Waals surface area contributed by atoms with E-state index in [4.69, 9.17) is 9.47 Å². The third-order valence-corrected chi connectivity index (χ3v) is 8.63. The van der Waals surface area contributed by atoms with E-state index in [1.54, 1.807) is 7.11 Å². The average molecular weight is 506 g/mol. The van der Waals surface area contributed by atoms with Crippen molar-refractivity contribution in [2.24, 2.45) is 0 Å². The van der Waals surface area contributed by atoms with Gasteiger partial charge in [0.2, 0.25) is 5.91 Å². The minimum Gasteiger partial charge on any atom is -0.379 e. The number of nitrogens with one attached hydrogen (secondary N) is 1. The van der Waals surface area contributed by atoms with E-state index in [9.17, 15) is 4.79 Å². The molecule has 2 unspecified atom stereocenters. The molecule has 0 aliphatic rings. The Kier molecular flexibility index (Phi) is 26.8. The highest BCUT2D eigenvalue weighted by Crippen LogP contribution is 2.23. The molecule has 0 aliphatic heterocycles. The zero-order chi connectivity index (χ0) is 24.4. The number of carbonyl (C=O) groups is 1. The Balaban J connectivity index is 3.20. The number of ether oxygens (including phenoxy) is 2. The summed E-state index contributed by atoms with van der Waals surface area (Å²) >= 11 is 0. The summed E-state index contributed by atoms with van der Waals surface area (Å²) in [5.41, 5.74) is 0. The summed E-state index contributed by atoms with van der Waals surface area (Å²) in [5, 5.41) is 2.98. The van der Waals surface area contributed by atoms with Crippen LogP contribution < -0.4 is 5.32 Å². The van der Waals surface area contributed by atoms with E-state index < -0.39 is 0 Å². The summed E-state index contributed by atoms with van der Waals surface area (Å²) in [6.45, 7) is 7.64. The fraction of sp³-hybridized carbons (Fsp3) is 0.963. The first-order valence-corrected chi connectivity index (χ1v) is 16.3. The largest absolute Gasteiger partial charge is 0.379 e. The van der Waals surface area contributed by atoms with E-state index in [1.807, 2.05) is 35.4 Å². The minimum atomic E-state index is 0.0823. The van der Waals surface area contributed by atoms with E-state index >= 15 is 0 Å². The number of hydrogen-bond donors (Lipinski definition) is 1. The van der Waals surface area contributed by atoms with Gasteiger partial charge in [0.1, 0.15) is 0 Å². The first-order valence-electron chi connectivity index (χ1n) is 13.8. The molecule has 1 N–H and O–H groups in total. The maximum absolute atomic E-state index is 11.9. The van der Waals surface area contributed by atoms with E-state index in [2.05, 4.69) is 12.2 Å². The summed E-state index contributed by atoms with van der Waals surface area (Å²) in [6, 6.07) is 0. The molecule has 0 bridgehead atoms. The lowest BCUT2D eigenvalue weighted by atomic mass is 10.0. The van der Waals surface area contributed by atoms with Crippen molar-refractivity contribution in [3.05, 3.63) is 0 Å². The smallest absolute Gasteiger partial charge is 0.220 e. The second kappa shape index (κ2) is 26.7. The maximum atomic E-state index is 11.9. The Morgan fingerprint density at radius 1 is 0.727 bits per heavy atom. The summed E-state index contributed by atoms with van der Waals surface area (Å²) < 4.78 is 10.9. The molecule has 0 spiro atoms. The Morgan fingerprint density at radius 2 is 1.24 bits per heavy atom. The van der Waals surface area contributed by atoms with Gasteiger partial charge in [0.25, 0.3) is 0 Å². The number of unbranched alkanes of at least 4 members (excludes halogenated alkanes) is 13. The fourth-order valence-electron chi connectivity index (χ4n) is 3.59. The van der Waals surface area contributed by atoms with Gasteiger partial charge in [-0.1, -0.05) is 112 Å². The molecule has 198 valence electrons. The molecular formula is C27H55NO3S2. The normalized spacial score (nSPS) is 13.2. The molecular weight excluding hydrogens is 450 g/mol. The van der Waals surface area contributed by atoms with Crippen LogP contribution in [0.5, 0.6) is 0 Å². The molecule has 0 heterocycles. The van der Waals surface area contributed by atoms with Gasteiger partial charge in [-0.3, -0.25) is 4.79 Å². The molecule has 0 aromatic rings. The van der Waals surface area contributed by atoms with Crippen molar-refractivity contribution in [2.75, 3.05) is 31.8 Å². The molecule has 0 aliphatic carbocycles. The molecule has 0 radical (unpaired) electrons. The van der Waals surface area contributed by atoms with Crippen molar-refractivity contribution >= 4 is 27.5 Å². The van der Waals surface area contributed by atoms with Crippen LogP contribution in [0.1, 0.15) is 124 Å². The number of amides is 1. The molecule has 0 saturated carbocycles. The molecule has 0 fully saturated rings. The zero-order valence-corrected chi connectivity index (χ0v) is 24.0. The van der Waals surface area contributed by atoms with Crippen molar-refractivity contribution in [1.29, 1.82) is 0 Å². The lowest BCUT2D eigenvalue weighted by Crippen LogP contribution is -2.28. The van der Waals surface area contributed by atoms with Crippen LogP contribution in [0, 0.1) is 0 Å². The fourth-order valence-corrected chi connectivity index (χ4v) is 5.73. The first kappa shape index (κ1) is 33.1. The third-order valence-electron chi connectivity index (χ3n) is 6.13. The van der Waals surface area contributed by atoms with Gasteiger partial charge in [-0.2, -0.15) is 0 Å². The predicted molar refractivity (Wildman–Crippen MR) is 149 cm³/mol. The molecule has 0 saturated heterocycles. The van der Waals surface area contributed by atoms with Crippen molar-refractivity contribution in [3.8, 4) is 0 Å². The van der Waals surface area contributed by atoms with Crippen LogP contribution in [0.15, 0.2) is 0 Å². The molecule has 33 heavy (non-hydrogen) atoms. The van der Waals surface area contributed by atoms with Crippen LogP contribution >= 0.6 is 21.6 Å². The molecule has 0 aromatic heterocycles. The van der Waals surface area contributed by atoms with E-state index in [-0.39, 0.29) is 18.1 Å². The van der Waals surface area contributed by atoms with Crippen LogP contribution in [0.4, 0.5) is 0 Å². The van der Waals surface area contributed by atoms with E-state index in [1.165, 1.54) is 95.6 Å². The molecule has 4 nitrogen and oxygen atoms in total. The Morgan fingerprint density at radius 3 is 1.79 bits per heavy atom. The summed E-state index contributed by atoms with van der Waals surface area (Å²) in [5.74, 6) is 2.26. The third kappa shape index (κ3) is 25.0. The SMILES string of the molecule is CCCCCCCCCCCCCCCCSSCCC(=O)NCCCOC(C)C(C)OC. The highest BCUT2D eigenvalue weighted by atomic mass is 33.1. The van der Waals surface area contributed by atoms with Gasteiger partial charge < -0.3 is 14.8 Å². The highest BCUT2D eigenvalue weighted by Gasteiger charge is 2.10. The molecule has 0 aromatic carbocycles.